The van der Waals surface area contributed by atoms with Gasteiger partial charge in [-0.2, -0.15) is 12.6 Å². The summed E-state index contributed by atoms with van der Waals surface area (Å²) in [6.45, 7) is 5.40. The van der Waals surface area contributed by atoms with Crippen LogP contribution in [0.15, 0.2) is 24.3 Å². The monoisotopic (exact) mass is 311 g/mol. The zero-order valence-corrected chi connectivity index (χ0v) is 13.3. The summed E-state index contributed by atoms with van der Waals surface area (Å²) in [5, 5.41) is 11.6. The highest BCUT2D eigenvalue weighted by molar-refractivity contribution is 7.80. The van der Waals surface area contributed by atoms with Gasteiger partial charge in [-0.1, -0.05) is 12.1 Å². The van der Waals surface area contributed by atoms with Crippen LogP contribution in [0.3, 0.4) is 0 Å². The molecule has 6 heteroatoms. The van der Waals surface area contributed by atoms with Crippen LogP contribution in [0.4, 0.5) is 4.79 Å². The van der Waals surface area contributed by atoms with E-state index in [2.05, 4.69) is 17.9 Å². The van der Waals surface area contributed by atoms with Crippen LogP contribution in [0.25, 0.3) is 0 Å². The smallest absolute Gasteiger partial charge is 0.407 e. The molecule has 1 unspecified atom stereocenters. The predicted octanol–water partition coefficient (Wildman–Crippen LogP) is 2.75. The van der Waals surface area contributed by atoms with Crippen molar-refractivity contribution in [3.8, 4) is 0 Å². The molecule has 1 aromatic rings. The van der Waals surface area contributed by atoms with Crippen LogP contribution < -0.4 is 5.32 Å². The molecular weight excluding hydrogens is 290 g/mol. The van der Waals surface area contributed by atoms with Crippen LogP contribution in [-0.4, -0.2) is 34.6 Å². The fourth-order valence-corrected chi connectivity index (χ4v) is 1.92. The normalized spacial score (nSPS) is 12.6. The van der Waals surface area contributed by atoms with Crippen LogP contribution in [0, 0.1) is 0 Å². The first-order chi connectivity index (χ1) is 9.71. The summed E-state index contributed by atoms with van der Waals surface area (Å²) in [7, 11) is 0. The number of carbonyl (C=O) groups excluding carboxylic acids is 1. The molecule has 0 spiro atoms. The second-order valence-electron chi connectivity index (χ2n) is 5.73. The number of amides is 1. The molecule has 0 aliphatic rings. The molecule has 1 amide bonds. The van der Waals surface area contributed by atoms with Crippen molar-refractivity contribution in [1.29, 1.82) is 0 Å². The molecule has 0 radical (unpaired) electrons. The number of thiol groups is 1. The first kappa shape index (κ1) is 17.4. The van der Waals surface area contributed by atoms with Gasteiger partial charge in [-0.3, -0.25) is 0 Å². The van der Waals surface area contributed by atoms with Crippen molar-refractivity contribution >= 4 is 24.7 Å². The molecule has 1 rings (SSSR count). The fourth-order valence-electron chi connectivity index (χ4n) is 1.70. The Kier molecular flexibility index (Phi) is 6.08. The molecular formula is C15H21NO4S. The molecule has 0 saturated carbocycles. The van der Waals surface area contributed by atoms with Crippen molar-refractivity contribution < 1.29 is 19.4 Å². The molecule has 0 heterocycles. The Balaban J connectivity index is 2.61. The van der Waals surface area contributed by atoms with Crippen molar-refractivity contribution in [3.63, 3.8) is 0 Å². The lowest BCUT2D eigenvalue weighted by molar-refractivity contribution is 0.0509. The number of benzene rings is 1. The van der Waals surface area contributed by atoms with Gasteiger partial charge >= 0.3 is 12.1 Å². The molecule has 5 nitrogen and oxygen atoms in total. The summed E-state index contributed by atoms with van der Waals surface area (Å²) in [4.78, 5) is 22.5. The van der Waals surface area contributed by atoms with Gasteiger partial charge in [0.15, 0.2) is 0 Å². The Morgan fingerprint density at radius 1 is 1.29 bits per heavy atom. The second-order valence-corrected chi connectivity index (χ2v) is 6.10. The van der Waals surface area contributed by atoms with E-state index in [1.54, 1.807) is 45.0 Å². The average molecular weight is 311 g/mol. The zero-order valence-electron chi connectivity index (χ0n) is 12.4. The summed E-state index contributed by atoms with van der Waals surface area (Å²) in [6.07, 6.45) is 0.0755. The predicted molar refractivity (Wildman–Crippen MR) is 84.1 cm³/mol. The van der Waals surface area contributed by atoms with E-state index in [-0.39, 0.29) is 11.6 Å². The van der Waals surface area contributed by atoms with E-state index in [1.807, 2.05) is 0 Å². The van der Waals surface area contributed by atoms with E-state index in [4.69, 9.17) is 9.84 Å². The third-order valence-electron chi connectivity index (χ3n) is 2.62. The van der Waals surface area contributed by atoms with Crippen LogP contribution in [-0.2, 0) is 11.2 Å². The lowest BCUT2D eigenvalue weighted by Crippen LogP contribution is -2.41. The van der Waals surface area contributed by atoms with E-state index in [1.165, 1.54) is 0 Å². The molecule has 116 valence electrons. The van der Waals surface area contributed by atoms with Gasteiger partial charge < -0.3 is 15.2 Å². The van der Waals surface area contributed by atoms with E-state index in [0.717, 1.165) is 5.56 Å². The molecule has 0 saturated heterocycles. The number of ether oxygens (including phenoxy) is 1. The minimum Gasteiger partial charge on any atom is -0.478 e. The molecule has 2 N–H and O–H groups in total. The van der Waals surface area contributed by atoms with Crippen molar-refractivity contribution in [1.82, 2.24) is 5.32 Å². The van der Waals surface area contributed by atoms with Gasteiger partial charge in [0.25, 0.3) is 0 Å². The maximum absolute atomic E-state index is 11.7. The first-order valence-electron chi connectivity index (χ1n) is 6.64. The molecule has 21 heavy (non-hydrogen) atoms. The van der Waals surface area contributed by atoms with Gasteiger partial charge in [-0.15, -0.1) is 0 Å². The number of hydrogen-bond donors (Lipinski definition) is 3. The summed E-state index contributed by atoms with van der Waals surface area (Å²) in [5.41, 5.74) is 0.616. The van der Waals surface area contributed by atoms with Crippen LogP contribution in [0.1, 0.15) is 36.7 Å². The highest BCUT2D eigenvalue weighted by Crippen LogP contribution is 2.10. The number of carboxylic acids is 1. The molecule has 1 aromatic carbocycles. The standard InChI is InChI=1S/C15H21NO4S/c1-15(2,3)20-14(19)16-12(9-21)8-10-4-6-11(7-5-10)13(17)18/h4-7,12,21H,8-9H2,1-3H3,(H,16,19)(H,17,18). The second kappa shape index (κ2) is 7.36. The van der Waals surface area contributed by atoms with Crippen LogP contribution in [0.2, 0.25) is 0 Å². The molecule has 0 aliphatic heterocycles. The highest BCUT2D eigenvalue weighted by atomic mass is 32.1. The molecule has 0 bridgehead atoms. The molecule has 0 fully saturated rings. The van der Waals surface area contributed by atoms with Crippen molar-refractivity contribution in [2.24, 2.45) is 0 Å². The van der Waals surface area contributed by atoms with Gasteiger partial charge in [0.05, 0.1) is 5.56 Å². The van der Waals surface area contributed by atoms with Gasteiger partial charge in [0.1, 0.15) is 5.60 Å². The number of aromatic carboxylic acids is 1. The van der Waals surface area contributed by atoms with Gasteiger partial charge in [0.2, 0.25) is 0 Å². The maximum atomic E-state index is 11.7. The minimum absolute atomic E-state index is 0.182. The Labute approximate surface area is 130 Å². The van der Waals surface area contributed by atoms with Crippen molar-refractivity contribution in [2.75, 3.05) is 5.75 Å². The number of nitrogens with one attached hydrogen (secondary N) is 1. The third-order valence-corrected chi connectivity index (χ3v) is 3.07. The molecule has 1 atom stereocenters. The summed E-state index contributed by atoms with van der Waals surface area (Å²) >= 11 is 4.22. The minimum atomic E-state index is -0.959. The van der Waals surface area contributed by atoms with Gasteiger partial charge in [-0.25, -0.2) is 9.59 Å². The van der Waals surface area contributed by atoms with E-state index in [9.17, 15) is 9.59 Å². The SMILES string of the molecule is CC(C)(C)OC(=O)NC(CS)Cc1ccc(C(=O)O)cc1. The van der Waals surface area contributed by atoms with Gasteiger partial charge in [-0.05, 0) is 44.9 Å². The Morgan fingerprint density at radius 3 is 2.29 bits per heavy atom. The first-order valence-corrected chi connectivity index (χ1v) is 7.27. The number of carboxylic acid groups (broad SMARTS) is 1. The number of hydrogen-bond acceptors (Lipinski definition) is 4. The summed E-state index contributed by atoms with van der Waals surface area (Å²) in [6, 6.07) is 6.37. The average Bonchev–Trinajstić information content (AvgIpc) is 2.36. The number of rotatable bonds is 5. The topological polar surface area (TPSA) is 75.6 Å². The molecule has 0 aromatic heterocycles. The lowest BCUT2D eigenvalue weighted by Gasteiger charge is -2.23. The van der Waals surface area contributed by atoms with Crippen molar-refractivity contribution in [2.45, 2.75) is 38.8 Å². The highest BCUT2D eigenvalue weighted by Gasteiger charge is 2.19. The quantitative estimate of drug-likeness (QED) is 0.731. The Hall–Kier alpha value is -1.69. The number of alkyl carbamates (subject to hydrolysis) is 1. The Bertz CT molecular complexity index is 493. The largest absolute Gasteiger partial charge is 0.478 e. The summed E-state index contributed by atoms with van der Waals surface area (Å²) in [5.74, 6) is -0.501. The third kappa shape index (κ3) is 6.53. The van der Waals surface area contributed by atoms with Crippen LogP contribution in [0.5, 0.6) is 0 Å². The van der Waals surface area contributed by atoms with E-state index >= 15 is 0 Å². The lowest BCUT2D eigenvalue weighted by atomic mass is 10.1. The van der Waals surface area contributed by atoms with E-state index in [0.29, 0.717) is 12.2 Å². The van der Waals surface area contributed by atoms with E-state index < -0.39 is 17.7 Å². The molecule has 0 aliphatic carbocycles. The number of carbonyl (C=O) groups is 2. The fraction of sp³-hybridized carbons (Fsp3) is 0.467. The zero-order chi connectivity index (χ0) is 16.0. The summed E-state index contributed by atoms with van der Waals surface area (Å²) < 4.78 is 5.20. The van der Waals surface area contributed by atoms with Crippen LogP contribution >= 0.6 is 12.6 Å². The van der Waals surface area contributed by atoms with Crippen molar-refractivity contribution in [3.05, 3.63) is 35.4 Å². The Morgan fingerprint density at radius 2 is 1.86 bits per heavy atom. The van der Waals surface area contributed by atoms with Gasteiger partial charge in [0, 0.05) is 11.8 Å². The maximum Gasteiger partial charge on any atom is 0.407 e.